The van der Waals surface area contributed by atoms with Gasteiger partial charge in [0.1, 0.15) is 0 Å². The molecule has 0 saturated heterocycles. The summed E-state index contributed by atoms with van der Waals surface area (Å²) in [4.78, 5) is 11.4. The molecule has 14 heavy (non-hydrogen) atoms. The number of carbonyl (C=O) groups excluding carboxylic acids is 1. The molecule has 1 aromatic rings. The van der Waals surface area contributed by atoms with E-state index in [9.17, 15) is 9.18 Å². The zero-order valence-corrected chi connectivity index (χ0v) is 8.50. The summed E-state index contributed by atoms with van der Waals surface area (Å²) in [5, 5.41) is 0. The molecule has 0 bridgehead atoms. The lowest BCUT2D eigenvalue weighted by molar-refractivity contribution is 0.0979. The maximum atomic E-state index is 11.9. The minimum absolute atomic E-state index is 0.148. The van der Waals surface area contributed by atoms with E-state index in [0.717, 1.165) is 18.7 Å². The summed E-state index contributed by atoms with van der Waals surface area (Å²) >= 11 is 0. The maximum absolute atomic E-state index is 11.9. The van der Waals surface area contributed by atoms with E-state index in [-0.39, 0.29) is 12.5 Å². The van der Waals surface area contributed by atoms with Crippen LogP contribution in [-0.4, -0.2) is 17.0 Å². The van der Waals surface area contributed by atoms with Crippen LogP contribution in [-0.2, 0) is 6.54 Å². The number of carbonyl (C=O) groups is 1. The lowest BCUT2D eigenvalue weighted by Gasteiger charge is -2.06. The first-order chi connectivity index (χ1) is 6.79. The molecule has 78 valence electrons. The highest BCUT2D eigenvalue weighted by Gasteiger charge is 2.07. The van der Waals surface area contributed by atoms with E-state index in [1.807, 2.05) is 29.8 Å². The van der Waals surface area contributed by atoms with Gasteiger partial charge in [0.2, 0.25) is 0 Å². The Balaban J connectivity index is 2.58. The summed E-state index contributed by atoms with van der Waals surface area (Å²) in [6.45, 7) is 2.30. The Hall–Kier alpha value is -1.12. The smallest absolute Gasteiger partial charge is 0.178 e. The number of aryl methyl sites for hydroxylation is 1. The van der Waals surface area contributed by atoms with Crippen molar-refractivity contribution < 1.29 is 9.18 Å². The molecule has 0 unspecified atom stereocenters. The number of unbranched alkanes of at least 4 members (excludes halogenated alkanes) is 1. The summed E-state index contributed by atoms with van der Waals surface area (Å²) in [6, 6.07) is 3.68. The van der Waals surface area contributed by atoms with Gasteiger partial charge in [-0.1, -0.05) is 6.92 Å². The lowest BCUT2D eigenvalue weighted by atomic mass is 10.2. The first-order valence-electron chi connectivity index (χ1n) is 5.04. The maximum Gasteiger partial charge on any atom is 0.178 e. The van der Waals surface area contributed by atoms with Gasteiger partial charge < -0.3 is 4.57 Å². The van der Waals surface area contributed by atoms with Crippen molar-refractivity contribution in [3.8, 4) is 0 Å². The summed E-state index contributed by atoms with van der Waals surface area (Å²) < 4.78 is 13.8. The fourth-order valence-corrected chi connectivity index (χ4v) is 1.42. The van der Waals surface area contributed by atoms with Crippen molar-refractivity contribution in [2.45, 2.75) is 32.7 Å². The minimum Gasteiger partial charge on any atom is -0.345 e. The Morgan fingerprint density at radius 2 is 2.29 bits per heavy atom. The molecule has 1 aromatic heterocycles. The fourth-order valence-electron chi connectivity index (χ4n) is 1.42. The van der Waals surface area contributed by atoms with E-state index in [1.165, 1.54) is 0 Å². The van der Waals surface area contributed by atoms with E-state index >= 15 is 0 Å². The molecule has 1 rings (SSSR count). The molecule has 0 N–H and O–H groups in total. The third-order valence-corrected chi connectivity index (χ3v) is 2.22. The van der Waals surface area contributed by atoms with Crippen LogP contribution in [0.5, 0.6) is 0 Å². The monoisotopic (exact) mass is 197 g/mol. The molecular weight excluding hydrogens is 181 g/mol. The van der Waals surface area contributed by atoms with Gasteiger partial charge in [-0.05, 0) is 25.0 Å². The van der Waals surface area contributed by atoms with Crippen LogP contribution in [0.1, 0.15) is 36.7 Å². The highest BCUT2D eigenvalue weighted by Crippen LogP contribution is 2.07. The van der Waals surface area contributed by atoms with Crippen LogP contribution in [0.3, 0.4) is 0 Å². The Bertz CT molecular complexity index is 293. The Kier molecular flexibility index (Phi) is 4.36. The van der Waals surface area contributed by atoms with Gasteiger partial charge >= 0.3 is 0 Å². The van der Waals surface area contributed by atoms with Crippen molar-refractivity contribution in [1.82, 2.24) is 4.57 Å². The lowest BCUT2D eigenvalue weighted by Crippen LogP contribution is -2.07. The van der Waals surface area contributed by atoms with Gasteiger partial charge in [-0.3, -0.25) is 9.18 Å². The van der Waals surface area contributed by atoms with Gasteiger partial charge in [0.25, 0.3) is 0 Å². The van der Waals surface area contributed by atoms with Gasteiger partial charge in [0, 0.05) is 19.2 Å². The zero-order chi connectivity index (χ0) is 10.4. The normalized spacial score (nSPS) is 10.4. The predicted octanol–water partition coefficient (Wildman–Crippen LogP) is 2.83. The first-order valence-corrected chi connectivity index (χ1v) is 5.04. The van der Waals surface area contributed by atoms with Crippen molar-refractivity contribution >= 4 is 5.78 Å². The molecule has 0 fully saturated rings. The van der Waals surface area contributed by atoms with Crippen LogP contribution in [0, 0.1) is 0 Å². The predicted molar refractivity (Wildman–Crippen MR) is 54.3 cm³/mol. The van der Waals surface area contributed by atoms with E-state index in [2.05, 4.69) is 0 Å². The van der Waals surface area contributed by atoms with Gasteiger partial charge in [0.15, 0.2) is 5.78 Å². The van der Waals surface area contributed by atoms with E-state index in [4.69, 9.17) is 0 Å². The SMILES string of the molecule is CCC(=O)c1cccn1CCCCF. The Morgan fingerprint density at radius 1 is 1.50 bits per heavy atom. The van der Waals surface area contributed by atoms with Crippen molar-refractivity contribution in [2.75, 3.05) is 6.67 Å². The van der Waals surface area contributed by atoms with Crippen molar-refractivity contribution in [3.63, 3.8) is 0 Å². The summed E-state index contributed by atoms with van der Waals surface area (Å²) in [5.41, 5.74) is 0.742. The number of hydrogen-bond acceptors (Lipinski definition) is 1. The average molecular weight is 197 g/mol. The number of rotatable bonds is 6. The van der Waals surface area contributed by atoms with Gasteiger partial charge in [-0.2, -0.15) is 0 Å². The minimum atomic E-state index is -0.279. The van der Waals surface area contributed by atoms with Crippen LogP contribution in [0.2, 0.25) is 0 Å². The third-order valence-electron chi connectivity index (χ3n) is 2.22. The van der Waals surface area contributed by atoms with Crippen molar-refractivity contribution in [2.24, 2.45) is 0 Å². The summed E-state index contributed by atoms with van der Waals surface area (Å²) in [7, 11) is 0. The van der Waals surface area contributed by atoms with E-state index < -0.39 is 0 Å². The number of Topliss-reactive ketones (excluding diaryl/α,β-unsaturated/α-hetero) is 1. The molecule has 0 saturated carbocycles. The molecule has 0 aliphatic heterocycles. The number of aromatic nitrogens is 1. The highest BCUT2D eigenvalue weighted by atomic mass is 19.1. The summed E-state index contributed by atoms with van der Waals surface area (Å²) in [6.07, 6.45) is 3.75. The molecule has 0 aliphatic rings. The van der Waals surface area contributed by atoms with Gasteiger partial charge in [0.05, 0.1) is 12.4 Å². The largest absolute Gasteiger partial charge is 0.345 e. The number of nitrogens with zero attached hydrogens (tertiary/aromatic N) is 1. The summed E-state index contributed by atoms with van der Waals surface area (Å²) in [5.74, 6) is 0.148. The number of ketones is 1. The molecule has 3 heteroatoms. The molecule has 0 spiro atoms. The van der Waals surface area contributed by atoms with E-state index in [1.54, 1.807) is 0 Å². The van der Waals surface area contributed by atoms with Gasteiger partial charge in [-0.25, -0.2) is 0 Å². The van der Waals surface area contributed by atoms with Crippen LogP contribution in [0.25, 0.3) is 0 Å². The van der Waals surface area contributed by atoms with Crippen LogP contribution in [0.15, 0.2) is 18.3 Å². The highest BCUT2D eigenvalue weighted by molar-refractivity contribution is 5.94. The molecular formula is C11H16FNO. The second-order valence-corrected chi connectivity index (χ2v) is 3.26. The molecule has 0 atom stereocenters. The number of halogens is 1. The number of hydrogen-bond donors (Lipinski definition) is 0. The number of alkyl halides is 1. The van der Waals surface area contributed by atoms with Crippen LogP contribution < -0.4 is 0 Å². The molecule has 0 radical (unpaired) electrons. The van der Waals surface area contributed by atoms with Crippen LogP contribution >= 0.6 is 0 Å². The first kappa shape index (κ1) is 11.0. The second-order valence-electron chi connectivity index (χ2n) is 3.26. The average Bonchev–Trinajstić information content (AvgIpc) is 2.65. The Labute approximate surface area is 83.7 Å². The molecule has 0 amide bonds. The molecule has 0 aromatic carbocycles. The Morgan fingerprint density at radius 3 is 2.93 bits per heavy atom. The third kappa shape index (κ3) is 2.69. The fraction of sp³-hybridized carbons (Fsp3) is 0.545. The molecule has 1 heterocycles. The van der Waals surface area contributed by atoms with Crippen molar-refractivity contribution in [3.05, 3.63) is 24.0 Å². The molecule has 2 nitrogen and oxygen atoms in total. The topological polar surface area (TPSA) is 22.0 Å². The van der Waals surface area contributed by atoms with Crippen molar-refractivity contribution in [1.29, 1.82) is 0 Å². The second kappa shape index (κ2) is 5.58. The zero-order valence-electron chi connectivity index (χ0n) is 8.50. The van der Waals surface area contributed by atoms with Gasteiger partial charge in [-0.15, -0.1) is 0 Å². The van der Waals surface area contributed by atoms with E-state index in [0.29, 0.717) is 12.8 Å². The molecule has 0 aliphatic carbocycles. The standard InChI is InChI=1S/C11H16FNO/c1-2-11(14)10-6-5-9-13(10)8-4-3-7-12/h5-6,9H,2-4,7-8H2,1H3. The van der Waals surface area contributed by atoms with Crippen LogP contribution in [0.4, 0.5) is 4.39 Å². The quantitative estimate of drug-likeness (QED) is 0.507.